The Kier molecular flexibility index (Phi) is 8.92. The maximum atomic E-state index is 12.7. The van der Waals surface area contributed by atoms with Crippen molar-refractivity contribution in [3.63, 3.8) is 0 Å². The summed E-state index contributed by atoms with van der Waals surface area (Å²) in [5.41, 5.74) is -0.572. The number of nitrogens with zero attached hydrogens (tertiary/aromatic N) is 2. The molecule has 1 aromatic rings. The number of alkyl carbamates (subject to hydrolysis) is 1. The van der Waals surface area contributed by atoms with Crippen LogP contribution in [0.4, 0.5) is 4.79 Å². The van der Waals surface area contributed by atoms with Crippen molar-refractivity contribution in [1.82, 2.24) is 20.8 Å². The molecule has 29 heavy (non-hydrogen) atoms. The molecule has 0 spiro atoms. The molecular weight excluding hydrogens is 372 g/mol. The van der Waals surface area contributed by atoms with Crippen molar-refractivity contribution >= 4 is 12.0 Å². The minimum atomic E-state index is -0.572. The molecule has 1 saturated carbocycles. The zero-order valence-electron chi connectivity index (χ0n) is 18.3. The Bertz CT molecular complexity index is 647. The van der Waals surface area contributed by atoms with Crippen LogP contribution in [-0.4, -0.2) is 27.8 Å². The van der Waals surface area contributed by atoms with Gasteiger partial charge in [0, 0.05) is 5.92 Å². The lowest BCUT2D eigenvalue weighted by molar-refractivity contribution is -0.127. The first kappa shape index (κ1) is 23.2. The standard InChI is InChI=1S/C21H36N4O4/c1-5-6-8-13-16(23-18(26)15-11-9-7-10-12-15)19-25-24-17(28-19)14-22-20(27)29-21(2,3)4/h15-16H,5-14H2,1-4H3,(H,22,27)(H,23,26)/t16-/m0/s1. The highest BCUT2D eigenvalue weighted by Gasteiger charge is 2.26. The molecule has 1 aromatic heterocycles. The van der Waals surface area contributed by atoms with Gasteiger partial charge in [-0.25, -0.2) is 4.79 Å². The molecule has 8 nitrogen and oxygen atoms in total. The normalized spacial score (nSPS) is 16.3. The number of carbonyl (C=O) groups excluding carboxylic acids is 2. The van der Waals surface area contributed by atoms with Crippen LogP contribution in [0.15, 0.2) is 4.42 Å². The number of nitrogens with one attached hydrogen (secondary N) is 2. The van der Waals surface area contributed by atoms with Gasteiger partial charge in [-0.1, -0.05) is 45.4 Å². The van der Waals surface area contributed by atoms with Gasteiger partial charge in [0.15, 0.2) is 0 Å². The number of aromatic nitrogens is 2. The van der Waals surface area contributed by atoms with Gasteiger partial charge < -0.3 is 19.8 Å². The van der Waals surface area contributed by atoms with E-state index in [0.717, 1.165) is 51.4 Å². The molecule has 0 aromatic carbocycles. The summed E-state index contributed by atoms with van der Waals surface area (Å²) >= 11 is 0. The van der Waals surface area contributed by atoms with Crippen molar-refractivity contribution in [2.24, 2.45) is 5.92 Å². The monoisotopic (exact) mass is 408 g/mol. The molecule has 1 heterocycles. The molecule has 0 unspecified atom stereocenters. The Morgan fingerprint density at radius 2 is 1.90 bits per heavy atom. The van der Waals surface area contributed by atoms with Crippen LogP contribution in [0.25, 0.3) is 0 Å². The largest absolute Gasteiger partial charge is 0.444 e. The van der Waals surface area contributed by atoms with Crippen molar-refractivity contribution in [3.05, 3.63) is 11.8 Å². The van der Waals surface area contributed by atoms with E-state index in [2.05, 4.69) is 27.8 Å². The highest BCUT2D eigenvalue weighted by molar-refractivity contribution is 5.79. The zero-order valence-corrected chi connectivity index (χ0v) is 18.3. The van der Waals surface area contributed by atoms with Crippen LogP contribution in [0.5, 0.6) is 0 Å². The maximum Gasteiger partial charge on any atom is 0.408 e. The van der Waals surface area contributed by atoms with E-state index >= 15 is 0 Å². The molecule has 1 atom stereocenters. The summed E-state index contributed by atoms with van der Waals surface area (Å²) in [7, 11) is 0. The molecular formula is C21H36N4O4. The van der Waals surface area contributed by atoms with E-state index in [4.69, 9.17) is 9.15 Å². The lowest BCUT2D eigenvalue weighted by Crippen LogP contribution is -2.35. The predicted molar refractivity (Wildman–Crippen MR) is 109 cm³/mol. The summed E-state index contributed by atoms with van der Waals surface area (Å²) < 4.78 is 10.9. The topological polar surface area (TPSA) is 106 Å². The third-order valence-corrected chi connectivity index (χ3v) is 4.95. The van der Waals surface area contributed by atoms with Crippen LogP contribution >= 0.6 is 0 Å². The van der Waals surface area contributed by atoms with Gasteiger partial charge in [-0.05, 0) is 40.0 Å². The smallest absolute Gasteiger partial charge is 0.408 e. The number of hydrogen-bond acceptors (Lipinski definition) is 6. The van der Waals surface area contributed by atoms with Gasteiger partial charge in [0.05, 0.1) is 6.54 Å². The second-order valence-electron chi connectivity index (χ2n) is 8.78. The first-order chi connectivity index (χ1) is 13.8. The zero-order chi connectivity index (χ0) is 21.3. The SMILES string of the molecule is CCCCC[C@H](NC(=O)C1CCCCC1)c1nnc(CNC(=O)OC(C)(C)C)o1. The minimum Gasteiger partial charge on any atom is -0.444 e. The molecule has 2 amide bonds. The van der Waals surface area contributed by atoms with Crippen LogP contribution < -0.4 is 10.6 Å². The lowest BCUT2D eigenvalue weighted by Gasteiger charge is -2.23. The van der Waals surface area contributed by atoms with E-state index in [1.165, 1.54) is 6.42 Å². The fourth-order valence-corrected chi connectivity index (χ4v) is 3.45. The Balaban J connectivity index is 1.95. The van der Waals surface area contributed by atoms with Crippen LogP contribution in [0, 0.1) is 5.92 Å². The maximum absolute atomic E-state index is 12.7. The number of carbonyl (C=O) groups is 2. The quantitative estimate of drug-likeness (QED) is 0.586. The lowest BCUT2D eigenvalue weighted by atomic mass is 9.88. The second kappa shape index (κ2) is 11.2. The summed E-state index contributed by atoms with van der Waals surface area (Å²) in [6.45, 7) is 7.62. The number of ether oxygens (including phenoxy) is 1. The fourth-order valence-electron chi connectivity index (χ4n) is 3.45. The predicted octanol–water partition coefficient (Wildman–Crippen LogP) is 4.41. The van der Waals surface area contributed by atoms with E-state index in [0.29, 0.717) is 11.8 Å². The average molecular weight is 409 g/mol. The summed E-state index contributed by atoms with van der Waals surface area (Å²) in [6.07, 6.45) is 8.69. The average Bonchev–Trinajstić information content (AvgIpc) is 3.14. The molecule has 2 N–H and O–H groups in total. The summed E-state index contributed by atoms with van der Waals surface area (Å²) in [5.74, 6) is 0.844. The first-order valence-electron chi connectivity index (χ1n) is 10.9. The Hall–Kier alpha value is -2.12. The fraction of sp³-hybridized carbons (Fsp3) is 0.810. The minimum absolute atomic E-state index is 0.0775. The summed E-state index contributed by atoms with van der Waals surface area (Å²) in [4.78, 5) is 24.5. The van der Waals surface area contributed by atoms with Gasteiger partial charge in [0.2, 0.25) is 17.7 Å². The van der Waals surface area contributed by atoms with Crippen molar-refractivity contribution in [2.75, 3.05) is 0 Å². The van der Waals surface area contributed by atoms with Crippen LogP contribution in [0.1, 0.15) is 103 Å². The van der Waals surface area contributed by atoms with Gasteiger partial charge in [-0.2, -0.15) is 0 Å². The highest BCUT2D eigenvalue weighted by atomic mass is 16.6. The molecule has 0 saturated heterocycles. The Labute approximate surface area is 173 Å². The molecule has 1 aliphatic carbocycles. The Morgan fingerprint density at radius 3 is 2.55 bits per heavy atom. The molecule has 0 bridgehead atoms. The number of amides is 2. The van der Waals surface area contributed by atoms with Gasteiger partial charge in [0.1, 0.15) is 11.6 Å². The molecule has 2 rings (SSSR count). The van der Waals surface area contributed by atoms with Crippen LogP contribution in [0.2, 0.25) is 0 Å². The molecule has 1 aliphatic rings. The van der Waals surface area contributed by atoms with Crippen molar-refractivity contribution in [3.8, 4) is 0 Å². The summed E-state index contributed by atoms with van der Waals surface area (Å²) in [5, 5.41) is 13.9. The third-order valence-electron chi connectivity index (χ3n) is 4.95. The van der Waals surface area contributed by atoms with E-state index in [1.54, 1.807) is 20.8 Å². The van der Waals surface area contributed by atoms with Crippen LogP contribution in [0.3, 0.4) is 0 Å². The first-order valence-corrected chi connectivity index (χ1v) is 10.9. The van der Waals surface area contributed by atoms with Crippen molar-refractivity contribution in [2.45, 2.75) is 104 Å². The van der Waals surface area contributed by atoms with Crippen molar-refractivity contribution < 1.29 is 18.7 Å². The van der Waals surface area contributed by atoms with E-state index in [1.807, 2.05) is 0 Å². The van der Waals surface area contributed by atoms with E-state index in [9.17, 15) is 9.59 Å². The molecule has 0 aliphatic heterocycles. The van der Waals surface area contributed by atoms with Gasteiger partial charge in [-0.15, -0.1) is 10.2 Å². The van der Waals surface area contributed by atoms with Crippen LogP contribution in [-0.2, 0) is 16.1 Å². The Morgan fingerprint density at radius 1 is 1.17 bits per heavy atom. The van der Waals surface area contributed by atoms with Gasteiger partial charge >= 0.3 is 6.09 Å². The van der Waals surface area contributed by atoms with Gasteiger partial charge in [-0.3, -0.25) is 4.79 Å². The van der Waals surface area contributed by atoms with Crippen molar-refractivity contribution in [1.29, 1.82) is 0 Å². The number of rotatable bonds is 9. The molecule has 0 radical (unpaired) electrons. The number of unbranched alkanes of at least 4 members (excludes halogenated alkanes) is 2. The molecule has 164 valence electrons. The molecule has 1 fully saturated rings. The van der Waals surface area contributed by atoms with E-state index in [-0.39, 0.29) is 24.4 Å². The number of hydrogen-bond donors (Lipinski definition) is 2. The third kappa shape index (κ3) is 8.41. The second-order valence-corrected chi connectivity index (χ2v) is 8.78. The van der Waals surface area contributed by atoms with E-state index < -0.39 is 11.7 Å². The molecule has 8 heteroatoms. The van der Waals surface area contributed by atoms with Gasteiger partial charge in [0.25, 0.3) is 0 Å². The summed E-state index contributed by atoms with van der Waals surface area (Å²) in [6, 6.07) is -0.293. The highest BCUT2D eigenvalue weighted by Crippen LogP contribution is 2.26.